The highest BCUT2D eigenvalue weighted by Gasteiger charge is 2.36. The molecule has 0 amide bonds. The predicted molar refractivity (Wildman–Crippen MR) is 66.1 cm³/mol. The Balaban J connectivity index is 3.36. The summed E-state index contributed by atoms with van der Waals surface area (Å²) in [6, 6.07) is 0. The number of methoxy groups -OCH3 is 1. The summed E-state index contributed by atoms with van der Waals surface area (Å²) in [5.41, 5.74) is -0.369. The lowest BCUT2D eigenvalue weighted by Gasteiger charge is -2.15. The molecular formula is C10H9F3INO4. The van der Waals surface area contributed by atoms with E-state index in [-0.39, 0.29) is 15.7 Å². The van der Waals surface area contributed by atoms with E-state index in [0.29, 0.717) is 0 Å². The number of alkyl halides is 3. The standard InChI is InChI=1S/C10H9F3INO4/c1-3-18-9(16)6-5(14)4-15-8(17-2)7(6)19-10(11,12)13/h4H,3H2,1-2H3. The maximum Gasteiger partial charge on any atom is 0.573 e. The number of carbonyl (C=O) groups excluding carboxylic acids is 1. The van der Waals surface area contributed by atoms with Crippen LogP contribution in [0.5, 0.6) is 11.6 Å². The average molecular weight is 391 g/mol. The second-order valence-corrected chi connectivity index (χ2v) is 4.25. The molecule has 0 aliphatic heterocycles. The van der Waals surface area contributed by atoms with Crippen molar-refractivity contribution < 1.29 is 32.2 Å². The van der Waals surface area contributed by atoms with Gasteiger partial charge >= 0.3 is 12.3 Å². The van der Waals surface area contributed by atoms with Crippen LogP contribution in [0.2, 0.25) is 0 Å². The number of esters is 1. The Morgan fingerprint density at radius 2 is 2.11 bits per heavy atom. The average Bonchev–Trinajstić information content (AvgIpc) is 2.27. The fourth-order valence-electron chi connectivity index (χ4n) is 1.20. The quantitative estimate of drug-likeness (QED) is 0.584. The Morgan fingerprint density at radius 1 is 1.47 bits per heavy atom. The van der Waals surface area contributed by atoms with E-state index in [1.54, 1.807) is 22.6 Å². The second kappa shape index (κ2) is 6.26. The number of ether oxygens (including phenoxy) is 3. The van der Waals surface area contributed by atoms with Gasteiger partial charge < -0.3 is 14.2 Å². The second-order valence-electron chi connectivity index (χ2n) is 3.09. The van der Waals surface area contributed by atoms with Crippen molar-refractivity contribution in [3.05, 3.63) is 15.3 Å². The van der Waals surface area contributed by atoms with E-state index in [2.05, 4.69) is 19.2 Å². The molecule has 0 bridgehead atoms. The van der Waals surface area contributed by atoms with Gasteiger partial charge in [0.05, 0.1) is 13.7 Å². The molecule has 0 saturated heterocycles. The van der Waals surface area contributed by atoms with Crippen LogP contribution in [0.25, 0.3) is 0 Å². The molecule has 0 spiro atoms. The normalized spacial score (nSPS) is 11.1. The van der Waals surface area contributed by atoms with Crippen LogP contribution >= 0.6 is 22.6 Å². The summed E-state index contributed by atoms with van der Waals surface area (Å²) in [7, 11) is 1.12. The Morgan fingerprint density at radius 3 is 2.58 bits per heavy atom. The first-order valence-electron chi connectivity index (χ1n) is 4.95. The largest absolute Gasteiger partial charge is 0.573 e. The summed E-state index contributed by atoms with van der Waals surface area (Å²) in [5.74, 6) is -2.19. The topological polar surface area (TPSA) is 57.7 Å². The van der Waals surface area contributed by atoms with Gasteiger partial charge in [0.15, 0.2) is 0 Å². The summed E-state index contributed by atoms with van der Waals surface area (Å²) in [4.78, 5) is 15.3. The van der Waals surface area contributed by atoms with Crippen molar-refractivity contribution in [1.82, 2.24) is 4.98 Å². The Hall–Kier alpha value is -1.26. The lowest BCUT2D eigenvalue weighted by Crippen LogP contribution is -2.21. The molecule has 0 fully saturated rings. The molecule has 0 saturated carbocycles. The van der Waals surface area contributed by atoms with Crippen molar-refractivity contribution in [3.8, 4) is 11.6 Å². The van der Waals surface area contributed by atoms with E-state index in [1.807, 2.05) is 0 Å². The molecule has 1 heterocycles. The van der Waals surface area contributed by atoms with Gasteiger partial charge in [-0.2, -0.15) is 0 Å². The molecule has 9 heteroatoms. The SMILES string of the molecule is CCOC(=O)c1c(I)cnc(OC)c1OC(F)(F)F. The summed E-state index contributed by atoms with van der Waals surface area (Å²) in [5, 5.41) is 0. The van der Waals surface area contributed by atoms with Crippen LogP contribution < -0.4 is 9.47 Å². The molecule has 1 aromatic rings. The Bertz CT molecular complexity index is 479. The van der Waals surface area contributed by atoms with Gasteiger partial charge in [-0.15, -0.1) is 13.2 Å². The maximum atomic E-state index is 12.4. The van der Waals surface area contributed by atoms with Gasteiger partial charge in [-0.25, -0.2) is 9.78 Å². The zero-order chi connectivity index (χ0) is 14.6. The first kappa shape index (κ1) is 15.8. The van der Waals surface area contributed by atoms with E-state index < -0.39 is 24.0 Å². The molecular weight excluding hydrogens is 382 g/mol. The van der Waals surface area contributed by atoms with Crippen molar-refractivity contribution in [3.63, 3.8) is 0 Å². The van der Waals surface area contributed by atoms with Crippen LogP contribution in [0, 0.1) is 3.57 Å². The number of rotatable bonds is 4. The highest BCUT2D eigenvalue weighted by atomic mass is 127. The molecule has 19 heavy (non-hydrogen) atoms. The molecule has 0 aliphatic carbocycles. The molecule has 0 atom stereocenters. The molecule has 106 valence electrons. The minimum atomic E-state index is -4.97. The highest BCUT2D eigenvalue weighted by Crippen LogP contribution is 2.36. The van der Waals surface area contributed by atoms with Crippen LogP contribution in [0.4, 0.5) is 13.2 Å². The summed E-state index contributed by atoms with van der Waals surface area (Å²) >= 11 is 1.66. The summed E-state index contributed by atoms with van der Waals surface area (Å²) < 4.78 is 50.4. The first-order valence-corrected chi connectivity index (χ1v) is 6.03. The molecule has 0 unspecified atom stereocenters. The van der Waals surface area contributed by atoms with Crippen molar-refractivity contribution in [2.24, 2.45) is 0 Å². The predicted octanol–water partition coefficient (Wildman–Crippen LogP) is 2.77. The third-order valence-corrected chi connectivity index (χ3v) is 2.66. The molecule has 0 N–H and O–H groups in total. The van der Waals surface area contributed by atoms with Crippen molar-refractivity contribution in [2.75, 3.05) is 13.7 Å². The van der Waals surface area contributed by atoms with Gasteiger partial charge in [0.25, 0.3) is 5.88 Å². The van der Waals surface area contributed by atoms with Crippen LogP contribution in [0.1, 0.15) is 17.3 Å². The van der Waals surface area contributed by atoms with Crippen molar-refractivity contribution in [2.45, 2.75) is 13.3 Å². The minimum Gasteiger partial charge on any atom is -0.478 e. The first-order chi connectivity index (χ1) is 8.80. The number of halogens is 4. The van der Waals surface area contributed by atoms with E-state index >= 15 is 0 Å². The number of pyridine rings is 1. The fraction of sp³-hybridized carbons (Fsp3) is 0.400. The lowest BCUT2D eigenvalue weighted by atomic mass is 10.2. The van der Waals surface area contributed by atoms with Gasteiger partial charge in [0.1, 0.15) is 5.56 Å². The number of aromatic nitrogens is 1. The van der Waals surface area contributed by atoms with Crippen LogP contribution in [0.3, 0.4) is 0 Å². The van der Waals surface area contributed by atoms with E-state index in [9.17, 15) is 18.0 Å². The Kier molecular flexibility index (Phi) is 5.20. The monoisotopic (exact) mass is 391 g/mol. The number of carbonyl (C=O) groups is 1. The maximum absolute atomic E-state index is 12.4. The highest BCUT2D eigenvalue weighted by molar-refractivity contribution is 14.1. The Labute approximate surface area is 120 Å². The molecule has 5 nitrogen and oxygen atoms in total. The third kappa shape index (κ3) is 4.11. The van der Waals surface area contributed by atoms with E-state index in [1.165, 1.54) is 13.1 Å². The summed E-state index contributed by atoms with van der Waals surface area (Å²) in [6.07, 6.45) is -3.78. The van der Waals surface area contributed by atoms with E-state index in [0.717, 1.165) is 7.11 Å². The van der Waals surface area contributed by atoms with Gasteiger partial charge in [0.2, 0.25) is 5.75 Å². The van der Waals surface area contributed by atoms with Crippen molar-refractivity contribution in [1.29, 1.82) is 0 Å². The van der Waals surface area contributed by atoms with Gasteiger partial charge in [-0.1, -0.05) is 0 Å². The van der Waals surface area contributed by atoms with Crippen LogP contribution in [-0.2, 0) is 4.74 Å². The summed E-state index contributed by atoms with van der Waals surface area (Å²) in [6.45, 7) is 1.55. The van der Waals surface area contributed by atoms with Gasteiger partial charge in [-0.05, 0) is 29.5 Å². The molecule has 0 aromatic carbocycles. The zero-order valence-electron chi connectivity index (χ0n) is 9.88. The van der Waals surface area contributed by atoms with Crippen LogP contribution in [-0.4, -0.2) is 31.0 Å². The fourth-order valence-corrected chi connectivity index (χ4v) is 1.81. The zero-order valence-corrected chi connectivity index (χ0v) is 12.0. The lowest BCUT2D eigenvalue weighted by molar-refractivity contribution is -0.275. The third-order valence-electron chi connectivity index (χ3n) is 1.85. The van der Waals surface area contributed by atoms with E-state index in [4.69, 9.17) is 0 Å². The molecule has 1 aromatic heterocycles. The van der Waals surface area contributed by atoms with Gasteiger partial charge in [-0.3, -0.25) is 0 Å². The number of hydrogen-bond acceptors (Lipinski definition) is 5. The number of nitrogens with zero attached hydrogens (tertiary/aromatic N) is 1. The van der Waals surface area contributed by atoms with Gasteiger partial charge in [0, 0.05) is 9.77 Å². The minimum absolute atomic E-state index is 0.0189. The molecule has 0 aliphatic rings. The van der Waals surface area contributed by atoms with Crippen LogP contribution in [0.15, 0.2) is 6.20 Å². The molecule has 0 radical (unpaired) electrons. The number of hydrogen-bond donors (Lipinski definition) is 0. The van der Waals surface area contributed by atoms with Crippen molar-refractivity contribution >= 4 is 28.6 Å². The molecule has 1 rings (SSSR count). The smallest absolute Gasteiger partial charge is 0.478 e.